The zero-order valence-electron chi connectivity index (χ0n) is 9.07. The molecule has 2 rings (SSSR count). The van der Waals surface area contributed by atoms with Crippen LogP contribution in [0.4, 0.5) is 5.82 Å². The third-order valence-corrected chi connectivity index (χ3v) is 2.54. The Morgan fingerprint density at radius 3 is 2.53 bits per heavy atom. The largest absolute Gasteiger partial charge is 0.384 e. The van der Waals surface area contributed by atoms with E-state index >= 15 is 0 Å². The normalized spacial score (nSPS) is 10.5. The first-order valence-corrected chi connectivity index (χ1v) is 5.12. The van der Waals surface area contributed by atoms with Crippen LogP contribution >= 0.6 is 0 Å². The minimum absolute atomic E-state index is 0.761. The lowest BCUT2D eigenvalue weighted by atomic mass is 10.2. The van der Waals surface area contributed by atoms with Gasteiger partial charge in [-0.15, -0.1) is 0 Å². The van der Waals surface area contributed by atoms with Gasteiger partial charge < -0.3 is 10.3 Å². The minimum Gasteiger partial charge on any atom is -0.384 e. The Balaban J connectivity index is 2.58. The van der Waals surface area contributed by atoms with E-state index in [4.69, 9.17) is 5.73 Å². The van der Waals surface area contributed by atoms with Crippen molar-refractivity contribution in [3.05, 3.63) is 36.0 Å². The van der Waals surface area contributed by atoms with Gasteiger partial charge in [0, 0.05) is 12.1 Å². The molecule has 0 spiro atoms. The van der Waals surface area contributed by atoms with Crippen molar-refractivity contribution in [1.29, 1.82) is 0 Å². The monoisotopic (exact) mass is 201 g/mol. The molecule has 0 atom stereocenters. The summed E-state index contributed by atoms with van der Waals surface area (Å²) >= 11 is 0. The number of nitrogens with two attached hydrogens (primary N) is 1. The highest BCUT2D eigenvalue weighted by atomic mass is 15.1. The standard InChI is InChI=1S/C12H15N3/c1-3-15-11(13)9(2)14-12(15)10-7-5-4-6-8-10/h4-8H,3,13H2,1-2H3. The summed E-state index contributed by atoms with van der Waals surface area (Å²) in [6, 6.07) is 10.1. The van der Waals surface area contributed by atoms with Crippen LogP contribution in [0.2, 0.25) is 0 Å². The smallest absolute Gasteiger partial charge is 0.141 e. The molecular formula is C12H15N3. The maximum atomic E-state index is 5.95. The topological polar surface area (TPSA) is 43.8 Å². The van der Waals surface area contributed by atoms with E-state index in [2.05, 4.69) is 11.9 Å². The molecular weight excluding hydrogens is 186 g/mol. The fourth-order valence-corrected chi connectivity index (χ4v) is 1.71. The average Bonchev–Trinajstić information content (AvgIpc) is 2.56. The van der Waals surface area contributed by atoms with Crippen LogP contribution in [0.1, 0.15) is 12.6 Å². The Labute approximate surface area is 89.6 Å². The number of hydrogen-bond donors (Lipinski definition) is 1. The molecule has 15 heavy (non-hydrogen) atoms. The van der Waals surface area contributed by atoms with Crippen LogP contribution in [0.15, 0.2) is 30.3 Å². The summed E-state index contributed by atoms with van der Waals surface area (Å²) in [5.41, 5.74) is 7.96. The number of nitrogen functional groups attached to an aromatic ring is 1. The van der Waals surface area contributed by atoms with Gasteiger partial charge in [-0.1, -0.05) is 30.3 Å². The van der Waals surface area contributed by atoms with E-state index in [9.17, 15) is 0 Å². The number of anilines is 1. The molecule has 0 fully saturated rings. The van der Waals surface area contributed by atoms with Gasteiger partial charge in [-0.2, -0.15) is 0 Å². The van der Waals surface area contributed by atoms with Crippen molar-refractivity contribution < 1.29 is 0 Å². The average molecular weight is 201 g/mol. The fraction of sp³-hybridized carbons (Fsp3) is 0.250. The molecule has 0 unspecified atom stereocenters. The number of hydrogen-bond acceptors (Lipinski definition) is 2. The van der Waals surface area contributed by atoms with E-state index in [1.807, 2.05) is 41.8 Å². The summed E-state index contributed by atoms with van der Waals surface area (Å²) in [4.78, 5) is 4.49. The number of nitrogens with zero attached hydrogens (tertiary/aromatic N) is 2. The molecule has 1 heterocycles. The van der Waals surface area contributed by atoms with E-state index in [0.717, 1.165) is 29.4 Å². The highest BCUT2D eigenvalue weighted by Crippen LogP contribution is 2.23. The molecule has 0 bridgehead atoms. The highest BCUT2D eigenvalue weighted by Gasteiger charge is 2.11. The molecule has 3 heteroatoms. The summed E-state index contributed by atoms with van der Waals surface area (Å²) in [6.07, 6.45) is 0. The summed E-state index contributed by atoms with van der Waals surface area (Å²) in [5.74, 6) is 1.71. The van der Waals surface area contributed by atoms with E-state index in [1.165, 1.54) is 0 Å². The van der Waals surface area contributed by atoms with Crippen LogP contribution in [0.3, 0.4) is 0 Å². The van der Waals surface area contributed by atoms with E-state index in [1.54, 1.807) is 0 Å². The zero-order chi connectivity index (χ0) is 10.8. The molecule has 2 aromatic rings. The lowest BCUT2D eigenvalue weighted by Crippen LogP contribution is -2.02. The molecule has 78 valence electrons. The van der Waals surface area contributed by atoms with Gasteiger partial charge in [0.25, 0.3) is 0 Å². The molecule has 0 aliphatic carbocycles. The maximum Gasteiger partial charge on any atom is 0.141 e. The SMILES string of the molecule is CCn1c(-c2ccccc2)nc(C)c1N. The molecule has 0 saturated heterocycles. The lowest BCUT2D eigenvalue weighted by Gasteiger charge is -2.06. The summed E-state index contributed by atoms with van der Waals surface area (Å²) in [7, 11) is 0. The molecule has 3 nitrogen and oxygen atoms in total. The Morgan fingerprint density at radius 1 is 1.27 bits per heavy atom. The number of aromatic nitrogens is 2. The first kappa shape index (κ1) is 9.77. The molecule has 1 aromatic carbocycles. The third-order valence-electron chi connectivity index (χ3n) is 2.54. The van der Waals surface area contributed by atoms with Crippen LogP contribution < -0.4 is 5.73 Å². The minimum atomic E-state index is 0.761. The maximum absolute atomic E-state index is 5.95. The molecule has 0 amide bonds. The van der Waals surface area contributed by atoms with Crippen molar-refractivity contribution >= 4 is 5.82 Å². The van der Waals surface area contributed by atoms with Crippen molar-refractivity contribution in [2.75, 3.05) is 5.73 Å². The molecule has 0 saturated carbocycles. The van der Waals surface area contributed by atoms with Crippen LogP contribution in [0.25, 0.3) is 11.4 Å². The summed E-state index contributed by atoms with van der Waals surface area (Å²) in [6.45, 7) is 4.86. The number of rotatable bonds is 2. The second-order valence-electron chi connectivity index (χ2n) is 3.52. The van der Waals surface area contributed by atoms with Gasteiger partial charge in [0.1, 0.15) is 11.6 Å². The van der Waals surface area contributed by atoms with E-state index in [0.29, 0.717) is 0 Å². The fourth-order valence-electron chi connectivity index (χ4n) is 1.71. The van der Waals surface area contributed by atoms with Crippen molar-refractivity contribution in [2.24, 2.45) is 0 Å². The highest BCUT2D eigenvalue weighted by molar-refractivity contribution is 5.60. The Kier molecular flexibility index (Phi) is 2.46. The van der Waals surface area contributed by atoms with Crippen LogP contribution in [0.5, 0.6) is 0 Å². The van der Waals surface area contributed by atoms with Gasteiger partial charge in [-0.3, -0.25) is 0 Å². The second kappa shape index (κ2) is 3.77. The van der Waals surface area contributed by atoms with Crippen molar-refractivity contribution in [1.82, 2.24) is 9.55 Å². The number of aryl methyl sites for hydroxylation is 1. The summed E-state index contributed by atoms with van der Waals surface area (Å²) < 4.78 is 2.03. The quantitative estimate of drug-likeness (QED) is 0.811. The van der Waals surface area contributed by atoms with Crippen molar-refractivity contribution in [3.8, 4) is 11.4 Å². The van der Waals surface area contributed by atoms with Gasteiger partial charge in [-0.25, -0.2) is 4.98 Å². The molecule has 0 aliphatic heterocycles. The molecule has 0 aliphatic rings. The molecule has 0 radical (unpaired) electrons. The van der Waals surface area contributed by atoms with Gasteiger partial charge in [0.2, 0.25) is 0 Å². The van der Waals surface area contributed by atoms with Gasteiger partial charge >= 0.3 is 0 Å². The van der Waals surface area contributed by atoms with Crippen LogP contribution in [0, 0.1) is 6.92 Å². The second-order valence-corrected chi connectivity index (χ2v) is 3.52. The third kappa shape index (κ3) is 1.61. The van der Waals surface area contributed by atoms with E-state index in [-0.39, 0.29) is 0 Å². The number of imidazole rings is 1. The van der Waals surface area contributed by atoms with Crippen molar-refractivity contribution in [2.45, 2.75) is 20.4 Å². The Bertz CT molecular complexity index is 457. The first-order chi connectivity index (χ1) is 7.24. The van der Waals surface area contributed by atoms with E-state index < -0.39 is 0 Å². The predicted octanol–water partition coefficient (Wildman–Crippen LogP) is 2.46. The molecule has 1 aromatic heterocycles. The first-order valence-electron chi connectivity index (χ1n) is 5.12. The van der Waals surface area contributed by atoms with Gasteiger partial charge in [0.05, 0.1) is 5.69 Å². The predicted molar refractivity (Wildman–Crippen MR) is 62.5 cm³/mol. The zero-order valence-corrected chi connectivity index (χ0v) is 9.07. The van der Waals surface area contributed by atoms with Gasteiger partial charge in [-0.05, 0) is 13.8 Å². The number of benzene rings is 1. The molecule has 2 N–H and O–H groups in total. The van der Waals surface area contributed by atoms with Crippen molar-refractivity contribution in [3.63, 3.8) is 0 Å². The summed E-state index contributed by atoms with van der Waals surface area (Å²) in [5, 5.41) is 0. The van der Waals surface area contributed by atoms with Gasteiger partial charge in [0.15, 0.2) is 0 Å². The Hall–Kier alpha value is -1.77. The Morgan fingerprint density at radius 2 is 1.93 bits per heavy atom. The van der Waals surface area contributed by atoms with Crippen LogP contribution in [-0.2, 0) is 6.54 Å². The van der Waals surface area contributed by atoms with Crippen LogP contribution in [-0.4, -0.2) is 9.55 Å². The lowest BCUT2D eigenvalue weighted by molar-refractivity contribution is 0.780.